The zero-order valence-corrected chi connectivity index (χ0v) is 18.5. The molecule has 1 spiro atoms. The molecule has 1 aliphatic carbocycles. The van der Waals surface area contributed by atoms with Gasteiger partial charge in [-0.15, -0.1) is 0 Å². The van der Waals surface area contributed by atoms with Gasteiger partial charge >= 0.3 is 6.03 Å². The van der Waals surface area contributed by atoms with E-state index in [1.54, 1.807) is 17.0 Å². The van der Waals surface area contributed by atoms with Crippen LogP contribution in [-0.2, 0) is 9.59 Å². The highest BCUT2D eigenvalue weighted by atomic mass is 19.1. The van der Waals surface area contributed by atoms with Crippen LogP contribution in [0.2, 0.25) is 0 Å². The number of Topliss-reactive ketones (excluding diaryl/α,β-unsaturated/α-hetero) is 1. The fourth-order valence-electron chi connectivity index (χ4n) is 5.05. The van der Waals surface area contributed by atoms with Crippen molar-refractivity contribution in [1.29, 1.82) is 0 Å². The molecule has 4 amide bonds. The van der Waals surface area contributed by atoms with E-state index in [1.807, 2.05) is 11.8 Å². The van der Waals surface area contributed by atoms with Gasteiger partial charge in [0.1, 0.15) is 17.9 Å². The first-order chi connectivity index (χ1) is 15.2. The number of halogens is 1. The number of ketones is 1. The van der Waals surface area contributed by atoms with Crippen molar-refractivity contribution in [2.45, 2.75) is 45.1 Å². The minimum Gasteiger partial charge on any atom is -0.366 e. The van der Waals surface area contributed by atoms with Gasteiger partial charge in [-0.1, -0.05) is 19.8 Å². The number of nitrogens with one attached hydrogen (secondary N) is 1. The van der Waals surface area contributed by atoms with Crippen LogP contribution in [0.3, 0.4) is 0 Å². The van der Waals surface area contributed by atoms with Gasteiger partial charge in [0.05, 0.1) is 5.69 Å². The molecule has 0 radical (unpaired) electrons. The number of carbonyl (C=O) groups is 4. The summed E-state index contributed by atoms with van der Waals surface area (Å²) in [7, 11) is 0. The van der Waals surface area contributed by atoms with Crippen molar-refractivity contribution in [2.75, 3.05) is 37.6 Å². The van der Waals surface area contributed by atoms with E-state index >= 15 is 0 Å². The highest BCUT2D eigenvalue weighted by Crippen LogP contribution is 2.38. The minimum absolute atomic E-state index is 0.0423. The standard InChI is InChI=1S/C23H29FN4O4/c1-15-5-3-4-8-23(15)21(31)28(22(32)25-23)14-20(30)27-11-9-26(10-12-27)19-7-6-17(16(2)29)13-18(19)24/h6-7,13,15H,3-5,8-12,14H2,1-2H3,(H,25,32)/t15-,23+/m0/s1. The Morgan fingerprint density at radius 2 is 1.88 bits per heavy atom. The minimum atomic E-state index is -0.877. The van der Waals surface area contributed by atoms with Gasteiger partial charge in [-0.25, -0.2) is 9.18 Å². The van der Waals surface area contributed by atoms with Crippen molar-refractivity contribution in [2.24, 2.45) is 5.92 Å². The van der Waals surface area contributed by atoms with Crippen LogP contribution in [0.5, 0.6) is 0 Å². The summed E-state index contributed by atoms with van der Waals surface area (Å²) in [6.45, 7) is 4.65. The summed E-state index contributed by atoms with van der Waals surface area (Å²) < 4.78 is 14.4. The van der Waals surface area contributed by atoms with Gasteiger partial charge in [0.2, 0.25) is 5.91 Å². The van der Waals surface area contributed by atoms with Crippen LogP contribution in [0.1, 0.15) is 49.9 Å². The van der Waals surface area contributed by atoms with Gasteiger partial charge < -0.3 is 15.1 Å². The lowest BCUT2D eigenvalue weighted by atomic mass is 9.73. The number of nitrogens with zero attached hydrogens (tertiary/aromatic N) is 3. The second kappa shape index (κ2) is 8.52. The summed E-state index contributed by atoms with van der Waals surface area (Å²) in [5, 5.41) is 2.87. The monoisotopic (exact) mass is 444 g/mol. The highest BCUT2D eigenvalue weighted by molar-refractivity contribution is 6.09. The van der Waals surface area contributed by atoms with E-state index in [9.17, 15) is 23.6 Å². The molecule has 2 saturated heterocycles. The number of carbonyl (C=O) groups excluding carboxylic acids is 4. The van der Waals surface area contributed by atoms with Gasteiger partial charge in [0.15, 0.2) is 5.78 Å². The lowest BCUT2D eigenvalue weighted by molar-refractivity contribution is -0.140. The first kappa shape index (κ1) is 22.2. The van der Waals surface area contributed by atoms with Crippen molar-refractivity contribution in [3.63, 3.8) is 0 Å². The maximum atomic E-state index is 14.4. The molecule has 0 bridgehead atoms. The molecule has 2 atom stereocenters. The molecule has 32 heavy (non-hydrogen) atoms. The normalized spacial score (nSPS) is 26.0. The topological polar surface area (TPSA) is 90.0 Å². The summed E-state index contributed by atoms with van der Waals surface area (Å²) in [6.07, 6.45) is 3.40. The first-order valence-corrected chi connectivity index (χ1v) is 11.2. The largest absolute Gasteiger partial charge is 0.366 e. The fourth-order valence-corrected chi connectivity index (χ4v) is 5.05. The molecule has 1 N–H and O–H groups in total. The van der Waals surface area contributed by atoms with Crippen LogP contribution in [0.4, 0.5) is 14.9 Å². The first-order valence-electron chi connectivity index (χ1n) is 11.2. The van der Waals surface area contributed by atoms with Crippen LogP contribution in [0.15, 0.2) is 18.2 Å². The second-order valence-corrected chi connectivity index (χ2v) is 9.03. The fraction of sp³-hybridized carbons (Fsp3) is 0.565. The third-order valence-electron chi connectivity index (χ3n) is 7.12. The van der Waals surface area contributed by atoms with Crippen LogP contribution < -0.4 is 10.2 Å². The molecule has 8 nitrogen and oxygen atoms in total. The Balaban J connectivity index is 1.36. The van der Waals surface area contributed by atoms with Crippen LogP contribution in [0.25, 0.3) is 0 Å². The molecule has 172 valence electrons. The van der Waals surface area contributed by atoms with Gasteiger partial charge in [-0.05, 0) is 43.9 Å². The van der Waals surface area contributed by atoms with Crippen molar-refractivity contribution in [1.82, 2.24) is 15.1 Å². The smallest absolute Gasteiger partial charge is 0.325 e. The Labute approximate surface area is 186 Å². The lowest BCUT2D eigenvalue weighted by Crippen LogP contribution is -2.55. The van der Waals surface area contributed by atoms with E-state index in [-0.39, 0.29) is 30.1 Å². The number of benzene rings is 1. The SMILES string of the molecule is CC(=O)c1ccc(N2CCN(C(=O)CN3C(=O)N[C@@]4(CCCC[C@@H]4C)C3=O)CC2)c(F)c1. The number of urea groups is 1. The van der Waals surface area contributed by atoms with Crippen LogP contribution >= 0.6 is 0 Å². The number of hydrogen-bond donors (Lipinski definition) is 1. The molecular weight excluding hydrogens is 415 g/mol. The number of imide groups is 1. The van der Waals surface area contributed by atoms with E-state index < -0.39 is 17.4 Å². The molecule has 2 heterocycles. The number of amides is 4. The van der Waals surface area contributed by atoms with Gasteiger partial charge in [-0.3, -0.25) is 19.3 Å². The van der Waals surface area contributed by atoms with E-state index in [4.69, 9.17) is 0 Å². The Bertz CT molecular complexity index is 959. The molecule has 1 saturated carbocycles. The molecule has 3 aliphatic rings. The molecule has 9 heteroatoms. The third kappa shape index (κ3) is 3.84. The van der Waals surface area contributed by atoms with E-state index in [1.165, 1.54) is 13.0 Å². The number of hydrogen-bond acceptors (Lipinski definition) is 5. The molecule has 1 aromatic carbocycles. The van der Waals surface area contributed by atoms with Crippen LogP contribution in [0, 0.1) is 11.7 Å². The zero-order chi connectivity index (χ0) is 23.0. The zero-order valence-electron chi connectivity index (χ0n) is 18.5. The number of piperazine rings is 1. The number of anilines is 1. The summed E-state index contributed by atoms with van der Waals surface area (Å²) in [6, 6.07) is 3.91. The van der Waals surface area contributed by atoms with E-state index in [0.717, 1.165) is 24.2 Å². The average molecular weight is 445 g/mol. The van der Waals surface area contributed by atoms with Crippen LogP contribution in [-0.4, -0.2) is 71.7 Å². The third-order valence-corrected chi connectivity index (χ3v) is 7.12. The molecule has 4 rings (SSSR count). The van der Waals surface area contributed by atoms with Crippen molar-refractivity contribution in [3.05, 3.63) is 29.6 Å². The maximum Gasteiger partial charge on any atom is 0.325 e. The average Bonchev–Trinajstić information content (AvgIpc) is 3.00. The van der Waals surface area contributed by atoms with Crippen molar-refractivity contribution >= 4 is 29.3 Å². The quantitative estimate of drug-likeness (QED) is 0.568. The molecule has 0 unspecified atom stereocenters. The van der Waals surface area contributed by atoms with E-state index in [0.29, 0.717) is 43.9 Å². The summed E-state index contributed by atoms with van der Waals surface area (Å²) >= 11 is 0. The molecule has 0 aromatic heterocycles. The van der Waals surface area contributed by atoms with Gasteiger partial charge in [0, 0.05) is 31.7 Å². The second-order valence-electron chi connectivity index (χ2n) is 9.03. The van der Waals surface area contributed by atoms with E-state index in [2.05, 4.69) is 5.32 Å². The highest BCUT2D eigenvalue weighted by Gasteiger charge is 2.55. The van der Waals surface area contributed by atoms with Gasteiger partial charge in [-0.2, -0.15) is 0 Å². The lowest BCUT2D eigenvalue weighted by Gasteiger charge is -2.37. The van der Waals surface area contributed by atoms with Crippen molar-refractivity contribution in [3.8, 4) is 0 Å². The summed E-state index contributed by atoms with van der Waals surface area (Å²) in [5.41, 5.74) is -0.166. The molecule has 1 aromatic rings. The Kier molecular flexibility index (Phi) is 5.92. The Morgan fingerprint density at radius 3 is 2.50 bits per heavy atom. The van der Waals surface area contributed by atoms with Gasteiger partial charge in [0.25, 0.3) is 5.91 Å². The summed E-state index contributed by atoms with van der Waals surface area (Å²) in [4.78, 5) is 54.4. The Hall–Kier alpha value is -2.97. The molecule has 2 aliphatic heterocycles. The van der Waals surface area contributed by atoms with Crippen molar-refractivity contribution < 1.29 is 23.6 Å². The predicted octanol–water partition coefficient (Wildman–Crippen LogP) is 2.18. The number of rotatable bonds is 4. The predicted molar refractivity (Wildman–Crippen MR) is 116 cm³/mol. The molecule has 3 fully saturated rings. The summed E-state index contributed by atoms with van der Waals surface area (Å²) in [5.74, 6) is -1.21. The maximum absolute atomic E-state index is 14.4. The molecular formula is C23H29FN4O4. The Morgan fingerprint density at radius 1 is 1.16 bits per heavy atom.